The van der Waals surface area contributed by atoms with E-state index in [9.17, 15) is 5.11 Å². The third-order valence-electron chi connectivity index (χ3n) is 3.68. The van der Waals surface area contributed by atoms with Crippen LogP contribution in [0.25, 0.3) is 0 Å². The van der Waals surface area contributed by atoms with Gasteiger partial charge in [0.05, 0.1) is 24.8 Å². The van der Waals surface area contributed by atoms with Crippen molar-refractivity contribution in [2.75, 3.05) is 20.3 Å². The summed E-state index contributed by atoms with van der Waals surface area (Å²) in [5, 5.41) is 10.7. The zero-order valence-corrected chi connectivity index (χ0v) is 12.1. The summed E-state index contributed by atoms with van der Waals surface area (Å²) in [6, 6.07) is 8.04. The summed E-state index contributed by atoms with van der Waals surface area (Å²) in [7, 11) is 1.64. The monoisotopic (exact) mass is 288 g/mol. The van der Waals surface area contributed by atoms with E-state index in [1.54, 1.807) is 19.6 Å². The molecule has 5 heteroatoms. The van der Waals surface area contributed by atoms with Crippen molar-refractivity contribution in [3.8, 4) is 5.75 Å². The van der Waals surface area contributed by atoms with E-state index in [0.717, 1.165) is 24.1 Å². The molecule has 5 nitrogen and oxygen atoms in total. The van der Waals surface area contributed by atoms with Crippen molar-refractivity contribution in [2.24, 2.45) is 0 Å². The zero-order valence-electron chi connectivity index (χ0n) is 12.1. The second-order valence-corrected chi connectivity index (χ2v) is 5.24. The summed E-state index contributed by atoms with van der Waals surface area (Å²) < 4.78 is 12.8. The summed E-state index contributed by atoms with van der Waals surface area (Å²) in [5.41, 5.74) is 1.58. The van der Waals surface area contributed by atoms with Crippen LogP contribution < -0.4 is 4.74 Å². The Balaban J connectivity index is 1.83. The van der Waals surface area contributed by atoms with Gasteiger partial charge in [0.25, 0.3) is 0 Å². The Morgan fingerprint density at radius 1 is 1.33 bits per heavy atom. The Morgan fingerprint density at radius 2 is 2.14 bits per heavy atom. The number of benzene rings is 1. The molecule has 3 rings (SSSR count). The van der Waals surface area contributed by atoms with Crippen LogP contribution in [-0.2, 0) is 4.74 Å². The molecule has 1 saturated carbocycles. The maximum Gasteiger partial charge on any atom is 0.125 e. The van der Waals surface area contributed by atoms with Gasteiger partial charge in [-0.2, -0.15) is 0 Å². The molecule has 0 radical (unpaired) electrons. The lowest BCUT2D eigenvalue weighted by Gasteiger charge is -2.17. The average molecular weight is 288 g/mol. The van der Waals surface area contributed by atoms with Gasteiger partial charge < -0.3 is 19.1 Å². The molecule has 2 aromatic rings. The molecule has 1 aromatic heterocycles. The molecular formula is C16H20N2O3. The lowest BCUT2D eigenvalue weighted by Crippen LogP contribution is -2.11. The van der Waals surface area contributed by atoms with Gasteiger partial charge in [-0.15, -0.1) is 0 Å². The number of ether oxygens (including phenoxy) is 2. The lowest BCUT2D eigenvalue weighted by atomic mass is 10.1. The van der Waals surface area contributed by atoms with Gasteiger partial charge >= 0.3 is 0 Å². The first-order valence-electron chi connectivity index (χ1n) is 7.21. The van der Waals surface area contributed by atoms with Gasteiger partial charge in [0, 0.05) is 18.7 Å². The zero-order chi connectivity index (χ0) is 14.7. The second-order valence-electron chi connectivity index (χ2n) is 5.24. The van der Waals surface area contributed by atoms with E-state index in [4.69, 9.17) is 9.47 Å². The number of aliphatic hydroxyl groups excluding tert-OH is 1. The van der Waals surface area contributed by atoms with Gasteiger partial charge in [-0.3, -0.25) is 0 Å². The third kappa shape index (κ3) is 3.09. The maximum absolute atomic E-state index is 10.7. The predicted molar refractivity (Wildman–Crippen MR) is 78.4 cm³/mol. The average Bonchev–Trinajstić information content (AvgIpc) is 3.24. The standard InChI is InChI=1S/C16H20N2O3/c1-20-8-9-21-15-5-3-2-4-13(15)16(19)14-10-17-11-18(14)12-6-7-12/h2-5,10-12,16,19H,6-9H2,1H3. The third-order valence-corrected chi connectivity index (χ3v) is 3.68. The molecule has 21 heavy (non-hydrogen) atoms. The summed E-state index contributed by atoms with van der Waals surface area (Å²) in [6.07, 6.45) is 5.11. The van der Waals surface area contributed by atoms with E-state index in [1.807, 2.05) is 24.3 Å². The van der Waals surface area contributed by atoms with Crippen molar-refractivity contribution in [3.05, 3.63) is 48.0 Å². The molecule has 0 saturated heterocycles. The largest absolute Gasteiger partial charge is 0.491 e. The van der Waals surface area contributed by atoms with Gasteiger partial charge in [0.15, 0.2) is 0 Å². The van der Waals surface area contributed by atoms with E-state index >= 15 is 0 Å². The first-order valence-corrected chi connectivity index (χ1v) is 7.21. The molecular weight excluding hydrogens is 268 g/mol. The van der Waals surface area contributed by atoms with Crippen LogP contribution in [0, 0.1) is 0 Å². The summed E-state index contributed by atoms with van der Waals surface area (Å²) >= 11 is 0. The Labute approximate surface area is 124 Å². The minimum Gasteiger partial charge on any atom is -0.491 e. The molecule has 0 bridgehead atoms. The van der Waals surface area contributed by atoms with E-state index in [1.165, 1.54) is 0 Å². The van der Waals surface area contributed by atoms with Crippen molar-refractivity contribution < 1.29 is 14.6 Å². The highest BCUT2D eigenvalue weighted by molar-refractivity contribution is 5.38. The summed E-state index contributed by atoms with van der Waals surface area (Å²) in [4.78, 5) is 4.18. The molecule has 1 fully saturated rings. The van der Waals surface area contributed by atoms with Gasteiger partial charge in [-0.05, 0) is 18.9 Å². The van der Waals surface area contributed by atoms with E-state index in [2.05, 4.69) is 9.55 Å². The number of hydrogen-bond acceptors (Lipinski definition) is 4. The highest BCUT2D eigenvalue weighted by Gasteiger charge is 2.28. The fourth-order valence-electron chi connectivity index (χ4n) is 2.42. The number of imidazole rings is 1. The van der Waals surface area contributed by atoms with Crippen LogP contribution in [0.5, 0.6) is 5.75 Å². The first kappa shape index (κ1) is 14.1. The SMILES string of the molecule is COCCOc1ccccc1C(O)c1cncn1C1CC1. The molecule has 0 aliphatic heterocycles. The minimum atomic E-state index is -0.730. The molecule has 1 heterocycles. The van der Waals surface area contributed by atoms with Crippen LogP contribution >= 0.6 is 0 Å². The normalized spacial score (nSPS) is 15.9. The smallest absolute Gasteiger partial charge is 0.125 e. The molecule has 1 N–H and O–H groups in total. The fraction of sp³-hybridized carbons (Fsp3) is 0.438. The van der Waals surface area contributed by atoms with Crippen molar-refractivity contribution in [1.29, 1.82) is 0 Å². The number of rotatable bonds is 7. The van der Waals surface area contributed by atoms with Gasteiger partial charge in [0.2, 0.25) is 0 Å². The maximum atomic E-state index is 10.7. The Hall–Kier alpha value is -1.85. The van der Waals surface area contributed by atoms with Crippen LogP contribution in [0.15, 0.2) is 36.8 Å². The number of nitrogens with zero attached hydrogens (tertiary/aromatic N) is 2. The van der Waals surface area contributed by atoms with Crippen molar-refractivity contribution in [2.45, 2.75) is 25.0 Å². The van der Waals surface area contributed by atoms with Gasteiger partial charge in [-0.25, -0.2) is 4.98 Å². The summed E-state index contributed by atoms with van der Waals surface area (Å²) in [5.74, 6) is 0.686. The Bertz CT molecular complexity index is 593. The second kappa shape index (κ2) is 6.28. The van der Waals surface area contributed by atoms with Crippen molar-refractivity contribution >= 4 is 0 Å². The van der Waals surface area contributed by atoms with Crippen molar-refractivity contribution in [3.63, 3.8) is 0 Å². The van der Waals surface area contributed by atoms with Crippen LogP contribution in [0.3, 0.4) is 0 Å². The number of hydrogen-bond donors (Lipinski definition) is 1. The van der Waals surface area contributed by atoms with E-state index in [0.29, 0.717) is 25.0 Å². The topological polar surface area (TPSA) is 56.5 Å². The highest BCUT2D eigenvalue weighted by atomic mass is 16.5. The Morgan fingerprint density at radius 3 is 2.90 bits per heavy atom. The number of methoxy groups -OCH3 is 1. The van der Waals surface area contributed by atoms with Crippen LogP contribution in [-0.4, -0.2) is 35.0 Å². The minimum absolute atomic E-state index is 0.460. The number of aromatic nitrogens is 2. The summed E-state index contributed by atoms with van der Waals surface area (Å²) in [6.45, 7) is 0.979. The molecule has 1 atom stereocenters. The van der Waals surface area contributed by atoms with Gasteiger partial charge in [-0.1, -0.05) is 18.2 Å². The van der Waals surface area contributed by atoms with Crippen LogP contribution in [0.2, 0.25) is 0 Å². The molecule has 1 aliphatic carbocycles. The Kier molecular flexibility index (Phi) is 4.22. The number of aliphatic hydroxyl groups is 1. The highest BCUT2D eigenvalue weighted by Crippen LogP contribution is 2.39. The number of para-hydroxylation sites is 1. The van der Waals surface area contributed by atoms with Crippen LogP contribution in [0.1, 0.15) is 36.2 Å². The van der Waals surface area contributed by atoms with E-state index < -0.39 is 6.10 Å². The molecule has 112 valence electrons. The van der Waals surface area contributed by atoms with Gasteiger partial charge in [0.1, 0.15) is 18.5 Å². The van der Waals surface area contributed by atoms with E-state index in [-0.39, 0.29) is 0 Å². The van der Waals surface area contributed by atoms with Crippen molar-refractivity contribution in [1.82, 2.24) is 9.55 Å². The fourth-order valence-corrected chi connectivity index (χ4v) is 2.42. The first-order chi connectivity index (χ1) is 10.3. The molecule has 1 aliphatic rings. The molecule has 0 amide bonds. The quantitative estimate of drug-likeness (QED) is 0.794. The molecule has 1 unspecified atom stereocenters. The van der Waals surface area contributed by atoms with Crippen LogP contribution in [0.4, 0.5) is 0 Å². The predicted octanol–water partition coefficient (Wildman–Crippen LogP) is 2.32. The molecule has 0 spiro atoms. The molecule has 1 aromatic carbocycles. The lowest BCUT2D eigenvalue weighted by molar-refractivity contribution is 0.142.